The van der Waals surface area contributed by atoms with Crippen molar-refractivity contribution >= 4 is 42.6 Å². The molecule has 0 saturated carbocycles. The summed E-state index contributed by atoms with van der Waals surface area (Å²) in [5, 5.41) is 3.23. The van der Waals surface area contributed by atoms with Gasteiger partial charge in [0.1, 0.15) is 0 Å². The minimum absolute atomic E-state index is 0.235. The third-order valence-electron chi connectivity index (χ3n) is 4.20. The van der Waals surface area contributed by atoms with Crippen LogP contribution in [-0.4, -0.2) is 36.7 Å². The van der Waals surface area contributed by atoms with E-state index in [1.807, 2.05) is 32.9 Å². The zero-order chi connectivity index (χ0) is 19.6. The number of nitrogens with zero attached hydrogens (tertiary/aromatic N) is 2. The Hall–Kier alpha value is -2.29. The average Bonchev–Trinajstić information content (AvgIpc) is 3.03. The maximum atomic E-state index is 12.7. The van der Waals surface area contributed by atoms with Gasteiger partial charge in [-0.05, 0) is 37.3 Å². The van der Waals surface area contributed by atoms with Crippen molar-refractivity contribution in [3.63, 3.8) is 0 Å². The van der Waals surface area contributed by atoms with Gasteiger partial charge in [-0.3, -0.25) is 10.1 Å². The molecular formula is C19H21N3O3S2. The number of hydrogen-bond acceptors (Lipinski definition) is 5. The number of amides is 1. The summed E-state index contributed by atoms with van der Waals surface area (Å²) in [7, 11) is -3.53. The SMILES string of the molecule is CCN(CC)S(=O)(=O)c1ccc2nc(NC(=O)c3cccc(C)c3)sc2c1. The van der Waals surface area contributed by atoms with E-state index in [2.05, 4.69) is 10.3 Å². The van der Waals surface area contributed by atoms with Gasteiger partial charge < -0.3 is 0 Å². The standard InChI is InChI=1S/C19H21N3O3S2/c1-4-22(5-2)27(24,25)15-9-10-16-17(12-15)26-19(20-16)21-18(23)14-8-6-7-13(3)11-14/h6-12H,4-5H2,1-3H3,(H,20,21,23). The van der Waals surface area contributed by atoms with Crippen LogP contribution in [0.15, 0.2) is 47.4 Å². The van der Waals surface area contributed by atoms with Gasteiger partial charge in [-0.25, -0.2) is 13.4 Å². The van der Waals surface area contributed by atoms with Crippen LogP contribution in [0, 0.1) is 6.92 Å². The monoisotopic (exact) mass is 403 g/mol. The normalized spacial score (nSPS) is 11.9. The van der Waals surface area contributed by atoms with Gasteiger partial charge in [-0.1, -0.05) is 42.9 Å². The Labute approximate surface area is 162 Å². The summed E-state index contributed by atoms with van der Waals surface area (Å²) < 4.78 is 27.5. The molecule has 0 saturated heterocycles. The van der Waals surface area contributed by atoms with E-state index in [9.17, 15) is 13.2 Å². The van der Waals surface area contributed by atoms with E-state index in [-0.39, 0.29) is 10.8 Å². The van der Waals surface area contributed by atoms with E-state index in [1.54, 1.807) is 30.3 Å². The first kappa shape index (κ1) is 19.5. The van der Waals surface area contributed by atoms with Gasteiger partial charge in [0.2, 0.25) is 10.0 Å². The number of fused-ring (bicyclic) bond motifs is 1. The Kier molecular flexibility index (Phi) is 5.59. The maximum absolute atomic E-state index is 12.7. The quantitative estimate of drug-likeness (QED) is 0.677. The molecule has 1 heterocycles. The molecule has 6 nitrogen and oxygen atoms in total. The molecule has 0 aliphatic rings. The fraction of sp³-hybridized carbons (Fsp3) is 0.263. The first-order chi connectivity index (χ1) is 12.8. The number of carbonyl (C=O) groups excluding carboxylic acids is 1. The van der Waals surface area contributed by atoms with Crippen LogP contribution < -0.4 is 5.32 Å². The highest BCUT2D eigenvalue weighted by Gasteiger charge is 2.22. The molecule has 142 valence electrons. The summed E-state index contributed by atoms with van der Waals surface area (Å²) in [5.74, 6) is -0.242. The molecule has 1 N–H and O–H groups in total. The van der Waals surface area contributed by atoms with Crippen molar-refractivity contribution in [2.24, 2.45) is 0 Å². The van der Waals surface area contributed by atoms with Crippen LogP contribution in [0.3, 0.4) is 0 Å². The molecule has 8 heteroatoms. The van der Waals surface area contributed by atoms with E-state index in [0.29, 0.717) is 34.0 Å². The Bertz CT molecular complexity index is 1090. The fourth-order valence-corrected chi connectivity index (χ4v) is 5.25. The lowest BCUT2D eigenvalue weighted by Gasteiger charge is -2.18. The second kappa shape index (κ2) is 7.75. The molecule has 0 radical (unpaired) electrons. The molecular weight excluding hydrogens is 382 g/mol. The number of nitrogens with one attached hydrogen (secondary N) is 1. The lowest BCUT2D eigenvalue weighted by atomic mass is 10.1. The Morgan fingerprint density at radius 2 is 1.89 bits per heavy atom. The van der Waals surface area contributed by atoms with Gasteiger partial charge in [0.15, 0.2) is 5.13 Å². The second-order valence-electron chi connectivity index (χ2n) is 6.06. The molecule has 0 aliphatic carbocycles. The molecule has 27 heavy (non-hydrogen) atoms. The topological polar surface area (TPSA) is 79.4 Å². The molecule has 0 aliphatic heterocycles. The minimum atomic E-state index is -3.53. The lowest BCUT2D eigenvalue weighted by Crippen LogP contribution is -2.30. The number of aromatic nitrogens is 1. The second-order valence-corrected chi connectivity index (χ2v) is 9.03. The van der Waals surface area contributed by atoms with Crippen molar-refractivity contribution in [2.45, 2.75) is 25.7 Å². The molecule has 1 amide bonds. The third-order valence-corrected chi connectivity index (χ3v) is 7.18. The molecule has 3 aromatic rings. The van der Waals surface area contributed by atoms with E-state index in [0.717, 1.165) is 5.56 Å². The van der Waals surface area contributed by atoms with Crippen LogP contribution >= 0.6 is 11.3 Å². The fourth-order valence-electron chi connectivity index (χ4n) is 2.79. The van der Waals surface area contributed by atoms with E-state index in [1.165, 1.54) is 15.6 Å². The molecule has 0 bridgehead atoms. The first-order valence-corrected chi connectivity index (χ1v) is 10.9. The van der Waals surface area contributed by atoms with Gasteiger partial charge in [-0.15, -0.1) is 0 Å². The van der Waals surface area contributed by atoms with Gasteiger partial charge in [-0.2, -0.15) is 4.31 Å². The number of carbonyl (C=O) groups is 1. The molecule has 0 atom stereocenters. The van der Waals surface area contributed by atoms with Gasteiger partial charge >= 0.3 is 0 Å². The highest BCUT2D eigenvalue weighted by atomic mass is 32.2. The molecule has 0 unspecified atom stereocenters. The van der Waals surface area contributed by atoms with Gasteiger partial charge in [0, 0.05) is 18.7 Å². The largest absolute Gasteiger partial charge is 0.298 e. The molecule has 2 aromatic carbocycles. The van der Waals surface area contributed by atoms with E-state index in [4.69, 9.17) is 0 Å². The Morgan fingerprint density at radius 3 is 2.56 bits per heavy atom. The third kappa shape index (κ3) is 4.02. The number of anilines is 1. The Balaban J connectivity index is 1.89. The lowest BCUT2D eigenvalue weighted by molar-refractivity contribution is 0.102. The summed E-state index contributed by atoms with van der Waals surface area (Å²) in [5.41, 5.74) is 2.20. The molecule has 1 aromatic heterocycles. The summed E-state index contributed by atoms with van der Waals surface area (Å²) >= 11 is 1.26. The van der Waals surface area contributed by atoms with Crippen molar-refractivity contribution in [3.8, 4) is 0 Å². The summed E-state index contributed by atoms with van der Waals surface area (Å²) in [6.45, 7) is 6.37. The van der Waals surface area contributed by atoms with Crippen LogP contribution in [0.1, 0.15) is 29.8 Å². The minimum Gasteiger partial charge on any atom is -0.298 e. The Morgan fingerprint density at radius 1 is 1.15 bits per heavy atom. The summed E-state index contributed by atoms with van der Waals surface area (Å²) in [6, 6.07) is 12.1. The number of rotatable bonds is 6. The smallest absolute Gasteiger partial charge is 0.257 e. The van der Waals surface area contributed by atoms with E-state index >= 15 is 0 Å². The highest BCUT2D eigenvalue weighted by molar-refractivity contribution is 7.89. The maximum Gasteiger partial charge on any atom is 0.257 e. The molecule has 0 fully saturated rings. The zero-order valence-electron chi connectivity index (χ0n) is 15.4. The number of aryl methyl sites for hydroxylation is 1. The molecule has 3 rings (SSSR count). The highest BCUT2D eigenvalue weighted by Crippen LogP contribution is 2.29. The van der Waals surface area contributed by atoms with Crippen molar-refractivity contribution in [1.82, 2.24) is 9.29 Å². The number of hydrogen-bond donors (Lipinski definition) is 1. The van der Waals surface area contributed by atoms with Crippen molar-refractivity contribution in [1.29, 1.82) is 0 Å². The van der Waals surface area contributed by atoms with Gasteiger partial charge in [0.05, 0.1) is 15.1 Å². The van der Waals surface area contributed by atoms with Crippen LogP contribution in [0.4, 0.5) is 5.13 Å². The number of sulfonamides is 1. The van der Waals surface area contributed by atoms with Crippen molar-refractivity contribution < 1.29 is 13.2 Å². The van der Waals surface area contributed by atoms with Crippen molar-refractivity contribution in [3.05, 3.63) is 53.6 Å². The predicted octanol–water partition coefficient (Wildman–Crippen LogP) is 3.89. The summed E-state index contributed by atoms with van der Waals surface area (Å²) in [4.78, 5) is 17.0. The zero-order valence-corrected chi connectivity index (χ0v) is 17.0. The van der Waals surface area contributed by atoms with Crippen LogP contribution in [-0.2, 0) is 10.0 Å². The van der Waals surface area contributed by atoms with Gasteiger partial charge in [0.25, 0.3) is 5.91 Å². The first-order valence-electron chi connectivity index (χ1n) is 8.64. The van der Waals surface area contributed by atoms with Crippen LogP contribution in [0.25, 0.3) is 10.2 Å². The van der Waals surface area contributed by atoms with Crippen molar-refractivity contribution in [2.75, 3.05) is 18.4 Å². The summed E-state index contributed by atoms with van der Waals surface area (Å²) in [6.07, 6.45) is 0. The predicted molar refractivity (Wildman–Crippen MR) is 109 cm³/mol. The van der Waals surface area contributed by atoms with Crippen LogP contribution in [0.2, 0.25) is 0 Å². The average molecular weight is 404 g/mol. The number of thiazole rings is 1. The number of benzene rings is 2. The van der Waals surface area contributed by atoms with E-state index < -0.39 is 10.0 Å². The van der Waals surface area contributed by atoms with Crippen LogP contribution in [0.5, 0.6) is 0 Å². The molecule has 0 spiro atoms.